The molecule has 1 aromatic rings. The van der Waals surface area contributed by atoms with Gasteiger partial charge in [-0.05, 0) is 31.9 Å². The van der Waals surface area contributed by atoms with Crippen molar-refractivity contribution < 1.29 is 9.82 Å². The van der Waals surface area contributed by atoms with Gasteiger partial charge in [0.05, 0.1) is 0 Å². The summed E-state index contributed by atoms with van der Waals surface area (Å²) in [6, 6.07) is 1.81. The van der Waals surface area contributed by atoms with E-state index in [1.165, 1.54) is 0 Å². The van der Waals surface area contributed by atoms with Gasteiger partial charge in [-0.1, -0.05) is 0 Å². The van der Waals surface area contributed by atoms with Crippen LogP contribution < -0.4 is 0 Å². The van der Waals surface area contributed by atoms with E-state index in [1.54, 1.807) is 17.5 Å². The van der Waals surface area contributed by atoms with Gasteiger partial charge in [0.1, 0.15) is 0 Å². The molecule has 0 fully saturated rings. The van der Waals surface area contributed by atoms with Gasteiger partial charge in [0.25, 0.3) is 0 Å². The molecule has 3 nitrogen and oxygen atoms in total. The fourth-order valence-electron chi connectivity index (χ4n) is 1.90. The second-order valence-corrected chi connectivity index (χ2v) is 3.49. The number of nitrogens with zero attached hydrogens (tertiary/aromatic N) is 1. The monoisotopic (exact) mass is 177 g/mol. The zero-order valence-electron chi connectivity index (χ0n) is 7.66. The Kier molecular flexibility index (Phi) is 2.00. The van der Waals surface area contributed by atoms with Crippen molar-refractivity contribution in [2.75, 3.05) is 0 Å². The molecule has 0 radical (unpaired) electrons. The second kappa shape index (κ2) is 3.03. The van der Waals surface area contributed by atoms with Crippen molar-refractivity contribution in [3.05, 3.63) is 23.5 Å². The van der Waals surface area contributed by atoms with Crippen molar-refractivity contribution in [3.8, 4) is 0 Å². The molecule has 0 saturated carbocycles. The van der Waals surface area contributed by atoms with Crippen LogP contribution in [0.5, 0.6) is 0 Å². The van der Waals surface area contributed by atoms with E-state index in [1.807, 2.05) is 6.07 Å². The van der Waals surface area contributed by atoms with Crippen LogP contribution in [-0.4, -0.2) is 22.3 Å². The number of hydrogen-bond donors (Lipinski definition) is 1. The van der Waals surface area contributed by atoms with Crippen LogP contribution >= 0.6 is 0 Å². The lowest BCUT2D eigenvalue weighted by atomic mass is 9.86. The van der Waals surface area contributed by atoms with E-state index < -0.39 is 7.05 Å². The lowest BCUT2D eigenvalue weighted by molar-refractivity contribution is 0.0972. The Bertz CT molecular complexity index is 343. The molecule has 1 N–H and O–H groups in total. The SMILES string of the molecule is CB(O)n1ccc2c1CCCC2=O. The minimum Gasteiger partial charge on any atom is -0.432 e. The molecule has 4 heteroatoms. The molecule has 68 valence electrons. The summed E-state index contributed by atoms with van der Waals surface area (Å²) in [6.45, 7) is 1.71. The van der Waals surface area contributed by atoms with Gasteiger partial charge in [-0.2, -0.15) is 0 Å². The highest BCUT2D eigenvalue weighted by Gasteiger charge is 2.22. The van der Waals surface area contributed by atoms with Gasteiger partial charge in [-0.15, -0.1) is 0 Å². The number of carbonyl (C=O) groups excluding carboxylic acids is 1. The summed E-state index contributed by atoms with van der Waals surface area (Å²) in [6.07, 6.45) is 4.25. The zero-order valence-corrected chi connectivity index (χ0v) is 7.66. The molecule has 0 bridgehead atoms. The summed E-state index contributed by atoms with van der Waals surface area (Å²) < 4.78 is 1.77. The average Bonchev–Trinajstić information content (AvgIpc) is 2.48. The maximum Gasteiger partial charge on any atom is 0.413 e. The maximum absolute atomic E-state index is 11.4. The predicted molar refractivity (Wildman–Crippen MR) is 50.9 cm³/mol. The molecular formula is C9H12BNO2. The van der Waals surface area contributed by atoms with Crippen molar-refractivity contribution in [2.45, 2.75) is 26.1 Å². The molecule has 0 unspecified atom stereocenters. The second-order valence-electron chi connectivity index (χ2n) is 3.49. The van der Waals surface area contributed by atoms with E-state index in [0.717, 1.165) is 24.1 Å². The summed E-state index contributed by atoms with van der Waals surface area (Å²) in [5.41, 5.74) is 1.79. The maximum atomic E-state index is 11.4. The van der Waals surface area contributed by atoms with Crippen LogP contribution in [0.4, 0.5) is 0 Å². The van der Waals surface area contributed by atoms with Gasteiger partial charge in [-0.3, -0.25) is 4.79 Å². The normalized spacial score (nSPS) is 15.7. The third kappa shape index (κ3) is 1.31. The Morgan fingerprint density at radius 1 is 1.54 bits per heavy atom. The van der Waals surface area contributed by atoms with Gasteiger partial charge in [0, 0.05) is 17.7 Å². The Morgan fingerprint density at radius 2 is 2.31 bits per heavy atom. The number of carbonyl (C=O) groups is 1. The van der Waals surface area contributed by atoms with Crippen molar-refractivity contribution >= 4 is 12.8 Å². The van der Waals surface area contributed by atoms with Crippen LogP contribution in [0.15, 0.2) is 12.3 Å². The standard InChI is InChI=1S/C9H12BNO2/c1-10(13)11-6-5-7-8(11)3-2-4-9(7)12/h5-6,13H,2-4H2,1H3. The van der Waals surface area contributed by atoms with Crippen molar-refractivity contribution in [1.29, 1.82) is 0 Å². The van der Waals surface area contributed by atoms with Crippen LogP contribution in [0, 0.1) is 0 Å². The van der Waals surface area contributed by atoms with E-state index in [0.29, 0.717) is 6.42 Å². The minimum absolute atomic E-state index is 0.209. The lowest BCUT2D eigenvalue weighted by Gasteiger charge is -2.15. The van der Waals surface area contributed by atoms with Gasteiger partial charge in [-0.25, -0.2) is 0 Å². The molecule has 2 rings (SSSR count). The Balaban J connectivity index is 2.47. The van der Waals surface area contributed by atoms with Crippen molar-refractivity contribution in [1.82, 2.24) is 4.48 Å². The Labute approximate surface area is 77.5 Å². The van der Waals surface area contributed by atoms with Gasteiger partial charge >= 0.3 is 7.05 Å². The third-order valence-electron chi connectivity index (χ3n) is 2.54. The van der Waals surface area contributed by atoms with Crippen molar-refractivity contribution in [2.24, 2.45) is 0 Å². The van der Waals surface area contributed by atoms with E-state index in [2.05, 4.69) is 0 Å². The van der Waals surface area contributed by atoms with Gasteiger partial charge in [0.2, 0.25) is 0 Å². The van der Waals surface area contributed by atoms with E-state index >= 15 is 0 Å². The first-order valence-electron chi connectivity index (χ1n) is 4.61. The van der Waals surface area contributed by atoms with Crippen molar-refractivity contribution in [3.63, 3.8) is 0 Å². The third-order valence-corrected chi connectivity index (χ3v) is 2.54. The molecule has 0 amide bonds. The molecule has 0 aliphatic heterocycles. The van der Waals surface area contributed by atoms with Crippen LogP contribution in [0.1, 0.15) is 28.9 Å². The summed E-state index contributed by atoms with van der Waals surface area (Å²) in [5, 5.41) is 9.41. The molecule has 0 saturated heterocycles. The molecule has 0 atom stereocenters. The van der Waals surface area contributed by atoms with Crippen LogP contribution in [0.3, 0.4) is 0 Å². The zero-order chi connectivity index (χ0) is 9.42. The predicted octanol–water partition coefficient (Wildman–Crippen LogP) is 0.965. The average molecular weight is 177 g/mol. The van der Waals surface area contributed by atoms with Gasteiger partial charge < -0.3 is 9.50 Å². The quantitative estimate of drug-likeness (QED) is 0.649. The number of aromatic nitrogens is 1. The van der Waals surface area contributed by atoms with Crippen LogP contribution in [-0.2, 0) is 6.42 Å². The van der Waals surface area contributed by atoms with E-state index in [9.17, 15) is 9.82 Å². The Morgan fingerprint density at radius 3 is 3.00 bits per heavy atom. The summed E-state index contributed by atoms with van der Waals surface area (Å²) in [4.78, 5) is 11.4. The largest absolute Gasteiger partial charge is 0.432 e. The number of rotatable bonds is 1. The topological polar surface area (TPSA) is 42.2 Å². The lowest BCUT2D eigenvalue weighted by Crippen LogP contribution is -2.23. The fourth-order valence-corrected chi connectivity index (χ4v) is 1.90. The van der Waals surface area contributed by atoms with Crippen LogP contribution in [0.2, 0.25) is 6.82 Å². The first-order chi connectivity index (χ1) is 6.20. The van der Waals surface area contributed by atoms with Gasteiger partial charge in [0.15, 0.2) is 5.78 Å². The summed E-state index contributed by atoms with van der Waals surface area (Å²) in [7, 11) is -0.533. The first-order valence-corrected chi connectivity index (χ1v) is 4.61. The fraction of sp³-hybridized carbons (Fsp3) is 0.444. The molecule has 0 aromatic carbocycles. The summed E-state index contributed by atoms with van der Waals surface area (Å²) >= 11 is 0. The highest BCUT2D eigenvalue weighted by atomic mass is 16.2. The highest BCUT2D eigenvalue weighted by Crippen LogP contribution is 2.22. The van der Waals surface area contributed by atoms with E-state index in [-0.39, 0.29) is 5.78 Å². The highest BCUT2D eigenvalue weighted by molar-refractivity contribution is 6.47. The molecule has 1 heterocycles. The number of Topliss-reactive ketones (excluding diaryl/α,β-unsaturated/α-hetero) is 1. The van der Waals surface area contributed by atoms with Crippen LogP contribution in [0.25, 0.3) is 0 Å². The Hall–Kier alpha value is -1.03. The molecule has 1 aliphatic rings. The smallest absolute Gasteiger partial charge is 0.413 e. The molecule has 1 aliphatic carbocycles. The minimum atomic E-state index is -0.533. The number of ketones is 1. The molecule has 1 aromatic heterocycles. The summed E-state index contributed by atoms with van der Waals surface area (Å²) in [5.74, 6) is 0.209. The number of hydrogen-bond acceptors (Lipinski definition) is 2. The number of fused-ring (bicyclic) bond motifs is 1. The molecule has 13 heavy (non-hydrogen) atoms. The molecular weight excluding hydrogens is 165 g/mol. The first kappa shape index (κ1) is 8.57. The van der Waals surface area contributed by atoms with E-state index in [4.69, 9.17) is 0 Å². The molecule has 0 spiro atoms.